The van der Waals surface area contributed by atoms with Gasteiger partial charge in [0.05, 0.1) is 18.8 Å². The van der Waals surface area contributed by atoms with Crippen LogP contribution in [0.3, 0.4) is 0 Å². The Bertz CT molecular complexity index is 585. The molecule has 6 heteroatoms. The van der Waals surface area contributed by atoms with Gasteiger partial charge in [-0.25, -0.2) is 0 Å². The summed E-state index contributed by atoms with van der Waals surface area (Å²) in [7, 11) is 0. The standard InChI is InChI=1S/C13H13N5O/c1-2-6-14-8-13(19)17-11-4-3-5-12(7-11)18-9-15-16-10-18/h1,3-5,7,9-10,14H,6,8H2,(H,17,19). The van der Waals surface area contributed by atoms with Crippen molar-refractivity contribution in [3.63, 3.8) is 0 Å². The molecule has 0 aliphatic rings. The Morgan fingerprint density at radius 3 is 2.89 bits per heavy atom. The number of anilines is 1. The zero-order valence-electron chi connectivity index (χ0n) is 10.2. The van der Waals surface area contributed by atoms with Crippen LogP contribution in [0.1, 0.15) is 0 Å². The summed E-state index contributed by atoms with van der Waals surface area (Å²) >= 11 is 0. The van der Waals surface area contributed by atoms with E-state index in [0.29, 0.717) is 12.2 Å². The molecule has 0 spiro atoms. The second-order valence-electron chi connectivity index (χ2n) is 3.78. The number of rotatable bonds is 5. The molecule has 2 aromatic rings. The first-order chi connectivity index (χ1) is 9.29. The van der Waals surface area contributed by atoms with Gasteiger partial charge < -0.3 is 5.32 Å². The normalized spacial score (nSPS) is 9.84. The molecule has 0 aliphatic carbocycles. The molecule has 1 amide bonds. The zero-order chi connectivity index (χ0) is 13.5. The molecule has 0 aliphatic heterocycles. The Morgan fingerprint density at radius 1 is 1.37 bits per heavy atom. The van der Waals surface area contributed by atoms with Crippen LogP contribution in [0.25, 0.3) is 5.69 Å². The third-order valence-electron chi connectivity index (χ3n) is 2.36. The molecule has 1 aromatic carbocycles. The summed E-state index contributed by atoms with van der Waals surface area (Å²) in [6.07, 6.45) is 8.27. The second-order valence-corrected chi connectivity index (χ2v) is 3.78. The first-order valence-electron chi connectivity index (χ1n) is 5.68. The first kappa shape index (κ1) is 12.8. The number of carbonyl (C=O) groups is 1. The van der Waals surface area contributed by atoms with Crippen molar-refractivity contribution in [1.29, 1.82) is 0 Å². The number of benzene rings is 1. The highest BCUT2D eigenvalue weighted by atomic mass is 16.1. The van der Waals surface area contributed by atoms with Crippen LogP contribution in [-0.2, 0) is 4.79 Å². The van der Waals surface area contributed by atoms with Crippen molar-refractivity contribution < 1.29 is 4.79 Å². The third kappa shape index (κ3) is 3.66. The molecule has 96 valence electrons. The minimum absolute atomic E-state index is 0.142. The molecule has 1 heterocycles. The molecule has 1 aromatic heterocycles. The van der Waals surface area contributed by atoms with Gasteiger partial charge in [-0.1, -0.05) is 12.0 Å². The monoisotopic (exact) mass is 255 g/mol. The van der Waals surface area contributed by atoms with Crippen molar-refractivity contribution in [2.75, 3.05) is 18.4 Å². The maximum atomic E-state index is 11.6. The second kappa shape index (κ2) is 6.33. The summed E-state index contributed by atoms with van der Waals surface area (Å²) in [4.78, 5) is 11.6. The summed E-state index contributed by atoms with van der Waals surface area (Å²) in [6, 6.07) is 7.39. The fraction of sp³-hybridized carbons (Fsp3) is 0.154. The van der Waals surface area contributed by atoms with Gasteiger partial charge in [0.25, 0.3) is 0 Å². The largest absolute Gasteiger partial charge is 0.325 e. The SMILES string of the molecule is C#CCNCC(=O)Nc1cccc(-n2cnnc2)c1. The highest BCUT2D eigenvalue weighted by molar-refractivity contribution is 5.92. The van der Waals surface area contributed by atoms with Crippen molar-refractivity contribution in [1.82, 2.24) is 20.1 Å². The molecular formula is C13H13N5O. The summed E-state index contributed by atoms with van der Waals surface area (Å²) < 4.78 is 1.76. The van der Waals surface area contributed by atoms with Crippen molar-refractivity contribution in [2.45, 2.75) is 0 Å². The predicted molar refractivity (Wildman–Crippen MR) is 71.7 cm³/mol. The van der Waals surface area contributed by atoms with Crippen LogP contribution in [0.4, 0.5) is 5.69 Å². The van der Waals surface area contributed by atoms with E-state index in [2.05, 4.69) is 26.8 Å². The van der Waals surface area contributed by atoms with Gasteiger partial charge in [0, 0.05) is 5.69 Å². The number of amides is 1. The smallest absolute Gasteiger partial charge is 0.238 e. The van der Waals surface area contributed by atoms with Crippen LogP contribution in [-0.4, -0.2) is 33.8 Å². The van der Waals surface area contributed by atoms with Crippen LogP contribution in [0, 0.1) is 12.3 Å². The number of hydrogen-bond donors (Lipinski definition) is 2. The lowest BCUT2D eigenvalue weighted by Crippen LogP contribution is -2.28. The van der Waals surface area contributed by atoms with E-state index in [1.165, 1.54) is 0 Å². The van der Waals surface area contributed by atoms with Gasteiger partial charge >= 0.3 is 0 Å². The van der Waals surface area contributed by atoms with E-state index in [1.54, 1.807) is 17.2 Å². The van der Waals surface area contributed by atoms with Gasteiger partial charge in [-0.2, -0.15) is 0 Å². The average molecular weight is 255 g/mol. The quantitative estimate of drug-likeness (QED) is 0.600. The Hall–Kier alpha value is -2.65. The lowest BCUT2D eigenvalue weighted by Gasteiger charge is -2.07. The van der Waals surface area contributed by atoms with Crippen LogP contribution < -0.4 is 10.6 Å². The lowest BCUT2D eigenvalue weighted by molar-refractivity contribution is -0.115. The van der Waals surface area contributed by atoms with Gasteiger partial charge in [0.2, 0.25) is 5.91 Å². The van der Waals surface area contributed by atoms with Gasteiger partial charge in [-0.05, 0) is 18.2 Å². The third-order valence-corrected chi connectivity index (χ3v) is 2.36. The van der Waals surface area contributed by atoms with Crippen LogP contribution in [0.15, 0.2) is 36.9 Å². The van der Waals surface area contributed by atoms with E-state index >= 15 is 0 Å². The molecule has 6 nitrogen and oxygen atoms in total. The zero-order valence-corrected chi connectivity index (χ0v) is 10.2. The summed E-state index contributed by atoms with van der Waals surface area (Å²) in [5.41, 5.74) is 1.58. The van der Waals surface area contributed by atoms with E-state index in [1.807, 2.05) is 24.3 Å². The average Bonchev–Trinajstić information content (AvgIpc) is 2.93. The van der Waals surface area contributed by atoms with Crippen LogP contribution in [0.5, 0.6) is 0 Å². The number of hydrogen-bond acceptors (Lipinski definition) is 4. The fourth-order valence-electron chi connectivity index (χ4n) is 1.53. The molecule has 0 saturated heterocycles. The maximum absolute atomic E-state index is 11.6. The summed E-state index contributed by atoms with van der Waals surface area (Å²) in [5.74, 6) is 2.26. The van der Waals surface area contributed by atoms with Gasteiger partial charge in [-0.3, -0.25) is 14.7 Å². The molecule has 0 unspecified atom stereocenters. The summed E-state index contributed by atoms with van der Waals surface area (Å²) in [6.45, 7) is 0.551. The van der Waals surface area contributed by atoms with E-state index in [0.717, 1.165) is 5.69 Å². The van der Waals surface area contributed by atoms with E-state index < -0.39 is 0 Å². The molecule has 0 saturated carbocycles. The molecule has 0 radical (unpaired) electrons. The number of carbonyl (C=O) groups excluding carboxylic acids is 1. The molecular weight excluding hydrogens is 242 g/mol. The molecule has 0 bridgehead atoms. The minimum Gasteiger partial charge on any atom is -0.325 e. The first-order valence-corrected chi connectivity index (χ1v) is 5.68. The highest BCUT2D eigenvalue weighted by Gasteiger charge is 2.03. The number of terminal acetylenes is 1. The predicted octanol–water partition coefficient (Wildman–Crippen LogP) is 0.429. The highest BCUT2D eigenvalue weighted by Crippen LogP contribution is 2.13. The van der Waals surface area contributed by atoms with Gasteiger partial charge in [0.15, 0.2) is 0 Å². The van der Waals surface area contributed by atoms with E-state index in [9.17, 15) is 4.79 Å². The fourth-order valence-corrected chi connectivity index (χ4v) is 1.53. The maximum Gasteiger partial charge on any atom is 0.238 e. The Balaban J connectivity index is 2.00. The van der Waals surface area contributed by atoms with Gasteiger partial charge in [0.1, 0.15) is 12.7 Å². The van der Waals surface area contributed by atoms with Crippen molar-refractivity contribution >= 4 is 11.6 Å². The van der Waals surface area contributed by atoms with Crippen molar-refractivity contribution in [3.8, 4) is 18.0 Å². The van der Waals surface area contributed by atoms with Crippen LogP contribution >= 0.6 is 0 Å². The van der Waals surface area contributed by atoms with Gasteiger partial charge in [-0.15, -0.1) is 16.6 Å². The van der Waals surface area contributed by atoms with Crippen LogP contribution in [0.2, 0.25) is 0 Å². The minimum atomic E-state index is -0.142. The molecule has 0 atom stereocenters. The molecule has 2 rings (SSSR count). The number of nitrogens with zero attached hydrogens (tertiary/aromatic N) is 3. The lowest BCUT2D eigenvalue weighted by atomic mass is 10.2. The van der Waals surface area contributed by atoms with E-state index in [4.69, 9.17) is 6.42 Å². The Labute approximate surface area is 110 Å². The molecule has 0 fully saturated rings. The summed E-state index contributed by atoms with van der Waals surface area (Å²) in [5, 5.41) is 13.1. The van der Waals surface area contributed by atoms with E-state index in [-0.39, 0.29) is 12.5 Å². The number of nitrogens with one attached hydrogen (secondary N) is 2. The number of aromatic nitrogens is 3. The topological polar surface area (TPSA) is 71.8 Å². The van der Waals surface area contributed by atoms with Crippen molar-refractivity contribution in [2.24, 2.45) is 0 Å². The molecule has 2 N–H and O–H groups in total. The Kier molecular flexibility index (Phi) is 4.26. The van der Waals surface area contributed by atoms with Crippen molar-refractivity contribution in [3.05, 3.63) is 36.9 Å². The molecule has 19 heavy (non-hydrogen) atoms. The Morgan fingerprint density at radius 2 is 2.16 bits per heavy atom.